The standard InChI is InChI=1S/C14H14IN3O2/c1-3-14(4-2,8-16)9-5-6-18-10(7-9)17-11(12(18)15)13(19)20/h5-7H,3-4H2,1-2H3,(H,19,20). The van der Waals surface area contributed by atoms with Gasteiger partial charge in [0.1, 0.15) is 9.35 Å². The number of hydrogen-bond donors (Lipinski definition) is 1. The van der Waals surface area contributed by atoms with Crippen LogP contribution >= 0.6 is 22.6 Å². The lowest BCUT2D eigenvalue weighted by Crippen LogP contribution is -2.22. The SMILES string of the molecule is CCC(C#N)(CC)c1ccn2c(I)c(C(=O)O)nc2c1. The van der Waals surface area contributed by atoms with Gasteiger partial charge in [-0.25, -0.2) is 9.78 Å². The van der Waals surface area contributed by atoms with E-state index in [9.17, 15) is 10.1 Å². The number of aromatic nitrogens is 2. The molecule has 0 aliphatic heterocycles. The minimum absolute atomic E-state index is 0.0401. The number of carbonyl (C=O) groups is 1. The minimum atomic E-state index is -1.04. The lowest BCUT2D eigenvalue weighted by molar-refractivity contribution is 0.0690. The summed E-state index contributed by atoms with van der Waals surface area (Å²) in [5.41, 5.74) is 0.947. The van der Waals surface area contributed by atoms with E-state index in [0.717, 1.165) is 5.56 Å². The summed E-state index contributed by atoms with van der Waals surface area (Å²) < 4.78 is 2.29. The normalized spacial score (nSPS) is 11.5. The third-order valence-electron chi connectivity index (χ3n) is 3.74. The van der Waals surface area contributed by atoms with E-state index in [1.54, 1.807) is 10.6 Å². The maximum Gasteiger partial charge on any atom is 0.357 e. The number of imidazole rings is 1. The van der Waals surface area contributed by atoms with Gasteiger partial charge in [0.05, 0.1) is 11.5 Å². The van der Waals surface area contributed by atoms with Crippen LogP contribution in [0.4, 0.5) is 0 Å². The monoisotopic (exact) mass is 383 g/mol. The number of carboxylic acid groups (broad SMARTS) is 1. The van der Waals surface area contributed by atoms with Gasteiger partial charge in [-0.2, -0.15) is 5.26 Å². The summed E-state index contributed by atoms with van der Waals surface area (Å²) in [6.45, 7) is 3.96. The van der Waals surface area contributed by atoms with Crippen molar-refractivity contribution in [1.82, 2.24) is 9.38 Å². The van der Waals surface area contributed by atoms with Crippen LogP contribution in [0.5, 0.6) is 0 Å². The predicted octanol–water partition coefficient (Wildman–Crippen LogP) is 3.22. The molecule has 2 aromatic heterocycles. The van der Waals surface area contributed by atoms with Gasteiger partial charge in [0.25, 0.3) is 0 Å². The summed E-state index contributed by atoms with van der Waals surface area (Å²) in [5, 5.41) is 18.6. The van der Waals surface area contributed by atoms with Gasteiger partial charge in [-0.05, 0) is 53.1 Å². The van der Waals surface area contributed by atoms with Crippen LogP contribution in [0.3, 0.4) is 0 Å². The molecule has 0 fully saturated rings. The van der Waals surface area contributed by atoms with Gasteiger partial charge < -0.3 is 5.11 Å². The fraction of sp³-hybridized carbons (Fsp3) is 0.357. The molecular formula is C14H14IN3O2. The smallest absolute Gasteiger partial charge is 0.357 e. The molecule has 2 heterocycles. The highest BCUT2D eigenvalue weighted by atomic mass is 127. The second-order valence-electron chi connectivity index (χ2n) is 4.60. The molecule has 0 aromatic carbocycles. The molecule has 0 radical (unpaired) electrons. The molecule has 0 atom stereocenters. The molecule has 0 amide bonds. The van der Waals surface area contributed by atoms with E-state index in [-0.39, 0.29) is 5.69 Å². The molecule has 0 aliphatic rings. The fourth-order valence-electron chi connectivity index (χ4n) is 2.33. The molecule has 6 heteroatoms. The number of nitrogens with zero attached hydrogens (tertiary/aromatic N) is 3. The maximum atomic E-state index is 11.1. The van der Waals surface area contributed by atoms with Crippen LogP contribution < -0.4 is 0 Å². The van der Waals surface area contributed by atoms with E-state index < -0.39 is 11.4 Å². The van der Waals surface area contributed by atoms with Gasteiger partial charge in [-0.3, -0.25) is 4.40 Å². The molecule has 2 rings (SSSR count). The second-order valence-corrected chi connectivity index (χ2v) is 5.62. The topological polar surface area (TPSA) is 78.4 Å². The van der Waals surface area contributed by atoms with Crippen LogP contribution in [0.1, 0.15) is 42.7 Å². The molecule has 0 bridgehead atoms. The van der Waals surface area contributed by atoms with E-state index in [4.69, 9.17) is 5.11 Å². The van der Waals surface area contributed by atoms with E-state index in [1.807, 2.05) is 48.6 Å². The zero-order chi connectivity index (χ0) is 14.9. The zero-order valence-corrected chi connectivity index (χ0v) is 13.4. The van der Waals surface area contributed by atoms with Gasteiger partial charge in [0, 0.05) is 6.20 Å². The van der Waals surface area contributed by atoms with Crippen LogP contribution in [-0.2, 0) is 5.41 Å². The number of hydrogen-bond acceptors (Lipinski definition) is 3. The van der Waals surface area contributed by atoms with Crippen LogP contribution in [0, 0.1) is 15.0 Å². The highest BCUT2D eigenvalue weighted by molar-refractivity contribution is 14.1. The predicted molar refractivity (Wildman–Crippen MR) is 82.7 cm³/mol. The third-order valence-corrected chi connectivity index (χ3v) is 4.77. The average Bonchev–Trinajstić information content (AvgIpc) is 2.79. The van der Waals surface area contributed by atoms with Gasteiger partial charge >= 0.3 is 5.97 Å². The van der Waals surface area contributed by atoms with Crippen LogP contribution in [0.25, 0.3) is 5.65 Å². The Labute approximate surface area is 130 Å². The first-order valence-corrected chi connectivity index (χ1v) is 7.39. The van der Waals surface area contributed by atoms with Gasteiger partial charge in [-0.1, -0.05) is 13.8 Å². The van der Waals surface area contributed by atoms with E-state index in [2.05, 4.69) is 11.1 Å². The first-order valence-electron chi connectivity index (χ1n) is 6.31. The lowest BCUT2D eigenvalue weighted by atomic mass is 9.78. The first-order chi connectivity index (χ1) is 9.49. The Morgan fingerprint density at radius 2 is 2.20 bits per heavy atom. The Kier molecular flexibility index (Phi) is 3.99. The van der Waals surface area contributed by atoms with Crippen molar-refractivity contribution >= 4 is 34.2 Å². The molecule has 0 spiro atoms. The summed E-state index contributed by atoms with van der Waals surface area (Å²) in [6, 6.07) is 6.07. The van der Waals surface area contributed by atoms with E-state index in [1.165, 1.54) is 0 Å². The van der Waals surface area contributed by atoms with Crippen molar-refractivity contribution in [2.24, 2.45) is 0 Å². The summed E-state index contributed by atoms with van der Waals surface area (Å²) in [6.07, 6.45) is 3.20. The number of pyridine rings is 1. The number of rotatable bonds is 4. The highest BCUT2D eigenvalue weighted by Gasteiger charge is 2.29. The lowest BCUT2D eigenvalue weighted by Gasteiger charge is -2.23. The maximum absolute atomic E-state index is 11.1. The van der Waals surface area contributed by atoms with Crippen LogP contribution in [0.2, 0.25) is 0 Å². The molecule has 2 aromatic rings. The average molecular weight is 383 g/mol. The Hall–Kier alpha value is -1.62. The Morgan fingerprint density at radius 1 is 1.55 bits per heavy atom. The number of halogens is 1. The summed E-state index contributed by atoms with van der Waals surface area (Å²) in [4.78, 5) is 15.2. The third kappa shape index (κ3) is 2.16. The Bertz CT molecular complexity index is 711. The quantitative estimate of drug-likeness (QED) is 0.823. The number of fused-ring (bicyclic) bond motifs is 1. The van der Waals surface area contributed by atoms with Crippen molar-refractivity contribution in [3.63, 3.8) is 0 Å². The fourth-order valence-corrected chi connectivity index (χ4v) is 3.09. The molecule has 104 valence electrons. The zero-order valence-electron chi connectivity index (χ0n) is 11.2. The van der Waals surface area contributed by atoms with E-state index in [0.29, 0.717) is 22.2 Å². The van der Waals surface area contributed by atoms with E-state index >= 15 is 0 Å². The molecule has 1 N–H and O–H groups in total. The Balaban J connectivity index is 2.66. The molecule has 5 nitrogen and oxygen atoms in total. The van der Waals surface area contributed by atoms with Crippen molar-refractivity contribution in [3.05, 3.63) is 33.3 Å². The number of aromatic carboxylic acids is 1. The van der Waals surface area contributed by atoms with Gasteiger partial charge in [0.15, 0.2) is 5.69 Å². The molecule has 20 heavy (non-hydrogen) atoms. The Morgan fingerprint density at radius 3 is 2.70 bits per heavy atom. The molecule has 0 saturated carbocycles. The van der Waals surface area contributed by atoms with Crippen molar-refractivity contribution in [2.75, 3.05) is 0 Å². The van der Waals surface area contributed by atoms with Crippen LogP contribution in [0.15, 0.2) is 18.3 Å². The highest BCUT2D eigenvalue weighted by Crippen LogP contribution is 2.32. The number of carboxylic acids is 1. The first kappa shape index (κ1) is 14.8. The van der Waals surface area contributed by atoms with Crippen molar-refractivity contribution < 1.29 is 9.90 Å². The van der Waals surface area contributed by atoms with Crippen molar-refractivity contribution in [1.29, 1.82) is 5.26 Å². The molecule has 0 aliphatic carbocycles. The summed E-state index contributed by atoms with van der Waals surface area (Å²) in [5.74, 6) is -1.04. The number of nitriles is 1. The largest absolute Gasteiger partial charge is 0.476 e. The van der Waals surface area contributed by atoms with Gasteiger partial charge in [0.2, 0.25) is 0 Å². The molecule has 0 unspecified atom stereocenters. The summed E-state index contributed by atoms with van der Waals surface area (Å²) >= 11 is 1.96. The summed E-state index contributed by atoms with van der Waals surface area (Å²) in [7, 11) is 0. The van der Waals surface area contributed by atoms with Crippen molar-refractivity contribution in [3.8, 4) is 6.07 Å². The van der Waals surface area contributed by atoms with Crippen molar-refractivity contribution in [2.45, 2.75) is 32.1 Å². The minimum Gasteiger partial charge on any atom is -0.476 e. The molecular weight excluding hydrogens is 369 g/mol. The second kappa shape index (κ2) is 5.40. The van der Waals surface area contributed by atoms with Crippen LogP contribution in [-0.4, -0.2) is 20.5 Å². The molecule has 0 saturated heterocycles. The van der Waals surface area contributed by atoms with Gasteiger partial charge in [-0.15, -0.1) is 0 Å².